The van der Waals surface area contributed by atoms with Crippen LogP contribution in [0.15, 0.2) is 39.2 Å². The van der Waals surface area contributed by atoms with Gasteiger partial charge in [-0.1, -0.05) is 47.0 Å². The molecule has 20 heavy (non-hydrogen) atoms. The molecule has 2 N–H and O–H groups in total. The number of allylic oxidation sites excluding steroid dienone is 4. The second-order valence-electron chi connectivity index (χ2n) is 4.48. The summed E-state index contributed by atoms with van der Waals surface area (Å²) in [4.78, 5) is 5.09. The lowest BCUT2D eigenvalue weighted by atomic mass is 10.1. The monoisotopic (exact) mass is 346 g/mol. The van der Waals surface area contributed by atoms with E-state index in [9.17, 15) is 10.2 Å². The Morgan fingerprint density at radius 2 is 0.900 bits per heavy atom. The molecule has 110 valence electrons. The number of hydrogen-bond acceptors (Lipinski definition) is 6. The van der Waals surface area contributed by atoms with Gasteiger partial charge in [-0.2, -0.15) is 0 Å². The lowest BCUT2D eigenvalue weighted by Gasteiger charge is -2.13. The first-order chi connectivity index (χ1) is 9.47. The van der Waals surface area contributed by atoms with Crippen molar-refractivity contribution in [2.45, 2.75) is 27.7 Å². The molecule has 0 aromatic carbocycles. The van der Waals surface area contributed by atoms with Crippen molar-refractivity contribution in [3.05, 3.63) is 39.2 Å². The zero-order valence-electron chi connectivity index (χ0n) is 11.9. The maximum atomic E-state index is 9.77. The summed E-state index contributed by atoms with van der Waals surface area (Å²) in [6, 6.07) is 0. The topological polar surface area (TPSA) is 40.5 Å². The third-order valence-electron chi connectivity index (χ3n) is 3.15. The van der Waals surface area contributed by atoms with Crippen molar-refractivity contribution < 1.29 is 10.2 Å². The fourth-order valence-electron chi connectivity index (χ4n) is 1.70. The Labute approximate surface area is 137 Å². The first kappa shape index (κ1) is 16.6. The number of aliphatic hydroxyl groups excluding tert-OH is 2. The van der Waals surface area contributed by atoms with E-state index in [1.807, 2.05) is 0 Å². The average Bonchev–Trinajstić information content (AvgIpc) is 2.90. The van der Waals surface area contributed by atoms with Crippen LogP contribution in [-0.4, -0.2) is 23.4 Å². The van der Waals surface area contributed by atoms with Crippen LogP contribution in [-0.2, 0) is 0 Å². The number of thioether (sulfide) groups is 4. The van der Waals surface area contributed by atoms with Gasteiger partial charge >= 0.3 is 0 Å². The molecule has 0 aromatic heterocycles. The maximum absolute atomic E-state index is 9.77. The van der Waals surface area contributed by atoms with Crippen molar-refractivity contribution in [1.29, 1.82) is 0 Å². The fraction of sp³-hybridized carbons (Fsp3) is 0.429. The predicted molar refractivity (Wildman–Crippen MR) is 95.3 cm³/mol. The van der Waals surface area contributed by atoms with Gasteiger partial charge in [0.2, 0.25) is 0 Å². The predicted octanol–water partition coefficient (Wildman–Crippen LogP) is 4.86. The minimum absolute atomic E-state index is 0.0332. The van der Waals surface area contributed by atoms with Gasteiger partial charge in [0.25, 0.3) is 0 Å². The molecule has 0 radical (unpaired) electrons. The van der Waals surface area contributed by atoms with Gasteiger partial charge in [0.05, 0.1) is 21.7 Å². The standard InChI is InChI=1S/C14H18O2S4/c1-7-8(2)18-13(17-7)11(5-15)12(6-16)14-19-9(3)10(4)20-14/h15-16H,5-6H2,1-4H3. The molecule has 2 nitrogen and oxygen atoms in total. The van der Waals surface area contributed by atoms with Gasteiger partial charge < -0.3 is 10.2 Å². The molecule has 2 aliphatic rings. The van der Waals surface area contributed by atoms with Crippen molar-refractivity contribution in [3.8, 4) is 0 Å². The van der Waals surface area contributed by atoms with E-state index in [1.54, 1.807) is 47.0 Å². The van der Waals surface area contributed by atoms with Crippen LogP contribution >= 0.6 is 47.0 Å². The molecule has 0 atom stereocenters. The van der Waals surface area contributed by atoms with E-state index in [1.165, 1.54) is 19.6 Å². The van der Waals surface area contributed by atoms with Crippen LogP contribution in [0.4, 0.5) is 0 Å². The van der Waals surface area contributed by atoms with E-state index in [-0.39, 0.29) is 13.2 Å². The summed E-state index contributed by atoms with van der Waals surface area (Å²) in [6.07, 6.45) is 0. The van der Waals surface area contributed by atoms with Gasteiger partial charge in [0, 0.05) is 11.1 Å². The first-order valence-corrected chi connectivity index (χ1v) is 9.49. The second kappa shape index (κ2) is 7.03. The fourth-order valence-corrected chi connectivity index (χ4v) is 6.96. The normalized spacial score (nSPS) is 19.5. The Morgan fingerprint density at radius 1 is 0.650 bits per heavy atom. The molecule has 2 heterocycles. The first-order valence-electron chi connectivity index (χ1n) is 6.22. The molecule has 0 bridgehead atoms. The maximum Gasteiger partial charge on any atom is 0.0702 e. The summed E-state index contributed by atoms with van der Waals surface area (Å²) in [7, 11) is 0. The summed E-state index contributed by atoms with van der Waals surface area (Å²) >= 11 is 6.78. The minimum atomic E-state index is -0.0332. The smallest absolute Gasteiger partial charge is 0.0702 e. The quantitative estimate of drug-likeness (QED) is 0.761. The second-order valence-corrected chi connectivity index (χ2v) is 9.90. The van der Waals surface area contributed by atoms with Gasteiger partial charge in [-0.05, 0) is 47.3 Å². The highest BCUT2D eigenvalue weighted by Crippen LogP contribution is 2.54. The Hall–Kier alpha value is 0.280. The summed E-state index contributed by atoms with van der Waals surface area (Å²) in [6.45, 7) is 8.31. The molecule has 0 saturated carbocycles. The highest BCUT2D eigenvalue weighted by atomic mass is 32.2. The van der Waals surface area contributed by atoms with E-state index in [0.717, 1.165) is 19.6 Å². The van der Waals surface area contributed by atoms with Crippen LogP contribution in [0.25, 0.3) is 0 Å². The lowest BCUT2D eigenvalue weighted by Crippen LogP contribution is -2.03. The van der Waals surface area contributed by atoms with Crippen molar-refractivity contribution in [2.75, 3.05) is 13.2 Å². The van der Waals surface area contributed by atoms with Crippen LogP contribution in [0, 0.1) is 0 Å². The Kier molecular flexibility index (Phi) is 5.85. The molecule has 0 aromatic rings. The summed E-state index contributed by atoms with van der Waals surface area (Å²) in [5, 5.41) is 19.5. The Bertz CT molecular complexity index is 474. The molecule has 2 aliphatic heterocycles. The molecular formula is C14H18O2S4. The molecule has 2 rings (SSSR count). The SMILES string of the molecule is CC1=C(C)SC(=C(CO)C(CO)=C2SC(C)=C(C)S2)S1. The zero-order valence-corrected chi connectivity index (χ0v) is 15.2. The zero-order chi connectivity index (χ0) is 14.9. The summed E-state index contributed by atoms with van der Waals surface area (Å²) in [5.41, 5.74) is 1.74. The minimum Gasteiger partial charge on any atom is -0.392 e. The van der Waals surface area contributed by atoms with E-state index >= 15 is 0 Å². The Balaban J connectivity index is 2.37. The van der Waals surface area contributed by atoms with Gasteiger partial charge in [0.15, 0.2) is 0 Å². The molecular weight excluding hydrogens is 328 g/mol. The number of rotatable bonds is 3. The number of aliphatic hydroxyl groups is 2. The van der Waals surface area contributed by atoms with Crippen LogP contribution in [0.3, 0.4) is 0 Å². The van der Waals surface area contributed by atoms with E-state index in [4.69, 9.17) is 0 Å². The highest BCUT2D eigenvalue weighted by Gasteiger charge is 2.25. The third-order valence-corrected chi connectivity index (χ3v) is 8.58. The molecule has 0 aliphatic carbocycles. The van der Waals surface area contributed by atoms with Crippen LogP contribution in [0.5, 0.6) is 0 Å². The molecule has 0 unspecified atom stereocenters. The molecule has 0 fully saturated rings. The highest BCUT2D eigenvalue weighted by molar-refractivity contribution is 8.29. The molecule has 0 amide bonds. The molecule has 0 saturated heterocycles. The van der Waals surface area contributed by atoms with Crippen molar-refractivity contribution in [1.82, 2.24) is 0 Å². The van der Waals surface area contributed by atoms with Crippen molar-refractivity contribution >= 4 is 47.0 Å². The summed E-state index contributed by atoms with van der Waals surface area (Å²) < 4.78 is 2.20. The van der Waals surface area contributed by atoms with Crippen molar-refractivity contribution in [2.24, 2.45) is 0 Å². The van der Waals surface area contributed by atoms with Crippen molar-refractivity contribution in [3.63, 3.8) is 0 Å². The summed E-state index contributed by atoms with van der Waals surface area (Å²) in [5.74, 6) is 0. The van der Waals surface area contributed by atoms with Gasteiger partial charge in [0.1, 0.15) is 0 Å². The van der Waals surface area contributed by atoms with Gasteiger partial charge in [-0.25, -0.2) is 0 Å². The van der Waals surface area contributed by atoms with Gasteiger partial charge in [-0.3, -0.25) is 0 Å². The third kappa shape index (κ3) is 3.36. The molecule has 0 spiro atoms. The van der Waals surface area contributed by atoms with Gasteiger partial charge in [-0.15, -0.1) is 0 Å². The van der Waals surface area contributed by atoms with E-state index in [0.29, 0.717) is 0 Å². The van der Waals surface area contributed by atoms with E-state index < -0.39 is 0 Å². The van der Waals surface area contributed by atoms with Crippen LogP contribution in [0.1, 0.15) is 27.7 Å². The number of hydrogen-bond donors (Lipinski definition) is 2. The largest absolute Gasteiger partial charge is 0.392 e. The van der Waals surface area contributed by atoms with Crippen LogP contribution < -0.4 is 0 Å². The molecule has 6 heteroatoms. The van der Waals surface area contributed by atoms with E-state index in [2.05, 4.69) is 27.7 Å². The van der Waals surface area contributed by atoms with Crippen LogP contribution in [0.2, 0.25) is 0 Å². The Morgan fingerprint density at radius 3 is 1.10 bits per heavy atom. The lowest BCUT2D eigenvalue weighted by molar-refractivity contribution is 0.311. The average molecular weight is 347 g/mol.